The zero-order valence-corrected chi connectivity index (χ0v) is 13.2. The second kappa shape index (κ2) is 6.94. The molecule has 2 N–H and O–H groups in total. The molecule has 0 saturated heterocycles. The van der Waals surface area contributed by atoms with Gasteiger partial charge in [-0.25, -0.2) is 0 Å². The van der Waals surface area contributed by atoms with Gasteiger partial charge in [-0.2, -0.15) is 0 Å². The van der Waals surface area contributed by atoms with Crippen LogP contribution in [0.3, 0.4) is 0 Å². The van der Waals surface area contributed by atoms with E-state index in [9.17, 15) is 9.59 Å². The van der Waals surface area contributed by atoms with Gasteiger partial charge in [-0.1, -0.05) is 24.6 Å². The van der Waals surface area contributed by atoms with E-state index in [1.165, 1.54) is 0 Å². The SMILES string of the molecule is Cc1c(Cl)cccc1NC(=O)C(=O)NC1CCC(C)CC1. The molecule has 0 aromatic heterocycles. The minimum Gasteiger partial charge on any atom is -0.345 e. The summed E-state index contributed by atoms with van der Waals surface area (Å²) < 4.78 is 0. The fourth-order valence-electron chi connectivity index (χ4n) is 2.58. The Morgan fingerprint density at radius 2 is 1.81 bits per heavy atom. The van der Waals surface area contributed by atoms with E-state index >= 15 is 0 Å². The maximum atomic E-state index is 11.9. The quantitative estimate of drug-likeness (QED) is 0.824. The van der Waals surface area contributed by atoms with E-state index in [0.29, 0.717) is 16.6 Å². The van der Waals surface area contributed by atoms with Crippen LogP contribution in [-0.4, -0.2) is 17.9 Å². The summed E-state index contributed by atoms with van der Waals surface area (Å²) in [5.41, 5.74) is 1.33. The number of anilines is 1. The van der Waals surface area contributed by atoms with Crippen molar-refractivity contribution in [2.45, 2.75) is 45.6 Å². The predicted molar refractivity (Wildman–Crippen MR) is 84.4 cm³/mol. The Balaban J connectivity index is 1.91. The zero-order valence-electron chi connectivity index (χ0n) is 12.4. The molecule has 0 heterocycles. The number of carbonyl (C=O) groups excluding carboxylic acids is 2. The van der Waals surface area contributed by atoms with Crippen molar-refractivity contribution in [3.63, 3.8) is 0 Å². The third kappa shape index (κ3) is 4.21. The first-order valence-corrected chi connectivity index (χ1v) is 7.72. The lowest BCUT2D eigenvalue weighted by atomic mass is 9.87. The third-order valence-electron chi connectivity index (χ3n) is 4.07. The van der Waals surface area contributed by atoms with E-state index in [2.05, 4.69) is 17.6 Å². The second-order valence-corrected chi connectivity index (χ2v) is 6.20. The Bertz CT molecular complexity index is 537. The Kier molecular flexibility index (Phi) is 5.23. The summed E-state index contributed by atoms with van der Waals surface area (Å²) in [6.45, 7) is 4.02. The number of carbonyl (C=O) groups is 2. The van der Waals surface area contributed by atoms with Gasteiger partial charge in [-0.15, -0.1) is 0 Å². The molecular formula is C16H21ClN2O2. The number of benzene rings is 1. The number of amides is 2. The Hall–Kier alpha value is -1.55. The number of nitrogens with one attached hydrogen (secondary N) is 2. The molecule has 114 valence electrons. The van der Waals surface area contributed by atoms with Gasteiger partial charge in [0.05, 0.1) is 0 Å². The molecule has 1 aromatic carbocycles. The van der Waals surface area contributed by atoms with Crippen LogP contribution in [-0.2, 0) is 9.59 Å². The molecule has 1 saturated carbocycles. The number of hydrogen-bond acceptors (Lipinski definition) is 2. The van der Waals surface area contributed by atoms with Crippen molar-refractivity contribution in [2.24, 2.45) is 5.92 Å². The summed E-state index contributed by atoms with van der Waals surface area (Å²) in [5, 5.41) is 5.99. The lowest BCUT2D eigenvalue weighted by Gasteiger charge is -2.26. The highest BCUT2D eigenvalue weighted by atomic mass is 35.5. The molecule has 0 aliphatic heterocycles. The second-order valence-electron chi connectivity index (χ2n) is 5.80. The summed E-state index contributed by atoms with van der Waals surface area (Å²) in [6.07, 6.45) is 4.08. The van der Waals surface area contributed by atoms with E-state index in [-0.39, 0.29) is 6.04 Å². The molecule has 4 nitrogen and oxygen atoms in total. The monoisotopic (exact) mass is 308 g/mol. The van der Waals surface area contributed by atoms with E-state index in [1.54, 1.807) is 25.1 Å². The van der Waals surface area contributed by atoms with E-state index in [1.807, 2.05) is 0 Å². The van der Waals surface area contributed by atoms with Crippen LogP contribution in [0.1, 0.15) is 38.2 Å². The van der Waals surface area contributed by atoms with Crippen molar-refractivity contribution in [1.29, 1.82) is 0 Å². The maximum Gasteiger partial charge on any atom is 0.313 e. The lowest BCUT2D eigenvalue weighted by Crippen LogP contribution is -2.43. The number of rotatable bonds is 2. The molecule has 0 radical (unpaired) electrons. The average molecular weight is 309 g/mol. The predicted octanol–water partition coefficient (Wildman–Crippen LogP) is 3.28. The van der Waals surface area contributed by atoms with Crippen molar-refractivity contribution < 1.29 is 9.59 Å². The molecule has 0 unspecified atom stereocenters. The van der Waals surface area contributed by atoms with Gasteiger partial charge in [0.2, 0.25) is 0 Å². The first-order chi connectivity index (χ1) is 9.97. The molecular weight excluding hydrogens is 288 g/mol. The molecule has 5 heteroatoms. The van der Waals surface area contributed by atoms with Gasteiger partial charge in [0, 0.05) is 16.8 Å². The van der Waals surface area contributed by atoms with Crippen molar-refractivity contribution >= 4 is 29.1 Å². The van der Waals surface area contributed by atoms with Crippen molar-refractivity contribution in [3.05, 3.63) is 28.8 Å². The molecule has 1 aromatic rings. The van der Waals surface area contributed by atoms with Gasteiger partial charge in [0.1, 0.15) is 0 Å². The molecule has 1 aliphatic rings. The van der Waals surface area contributed by atoms with Crippen LogP contribution in [0.5, 0.6) is 0 Å². The van der Waals surface area contributed by atoms with Gasteiger partial charge in [0.15, 0.2) is 0 Å². The Morgan fingerprint density at radius 3 is 2.48 bits per heavy atom. The third-order valence-corrected chi connectivity index (χ3v) is 4.48. The number of hydrogen-bond donors (Lipinski definition) is 2. The summed E-state index contributed by atoms with van der Waals surface area (Å²) in [6, 6.07) is 5.33. The summed E-state index contributed by atoms with van der Waals surface area (Å²) in [7, 11) is 0. The van der Waals surface area contributed by atoms with Crippen LogP contribution < -0.4 is 10.6 Å². The van der Waals surface area contributed by atoms with Crippen LogP contribution in [0.4, 0.5) is 5.69 Å². The highest BCUT2D eigenvalue weighted by Gasteiger charge is 2.23. The van der Waals surface area contributed by atoms with Crippen molar-refractivity contribution in [2.75, 3.05) is 5.32 Å². The molecule has 21 heavy (non-hydrogen) atoms. The van der Waals surface area contributed by atoms with E-state index in [4.69, 9.17) is 11.6 Å². The Labute approximate surface area is 130 Å². The Morgan fingerprint density at radius 1 is 1.14 bits per heavy atom. The van der Waals surface area contributed by atoms with Crippen LogP contribution in [0.25, 0.3) is 0 Å². The molecule has 0 spiro atoms. The minimum atomic E-state index is -0.640. The molecule has 2 amide bonds. The zero-order chi connectivity index (χ0) is 15.4. The lowest BCUT2D eigenvalue weighted by molar-refractivity contribution is -0.136. The van der Waals surface area contributed by atoms with Crippen molar-refractivity contribution in [3.8, 4) is 0 Å². The maximum absolute atomic E-state index is 11.9. The van der Waals surface area contributed by atoms with E-state index < -0.39 is 11.8 Å². The molecule has 1 fully saturated rings. The van der Waals surface area contributed by atoms with Gasteiger partial charge in [-0.05, 0) is 56.2 Å². The molecule has 1 aliphatic carbocycles. The number of halogens is 1. The fraction of sp³-hybridized carbons (Fsp3) is 0.500. The van der Waals surface area contributed by atoms with Crippen LogP contribution >= 0.6 is 11.6 Å². The minimum absolute atomic E-state index is 0.111. The average Bonchev–Trinajstić information content (AvgIpc) is 2.46. The normalized spacial score (nSPS) is 21.7. The van der Waals surface area contributed by atoms with E-state index in [0.717, 1.165) is 31.2 Å². The first kappa shape index (κ1) is 15.8. The molecule has 0 bridgehead atoms. The first-order valence-electron chi connectivity index (χ1n) is 7.34. The standard InChI is InChI=1S/C16H21ClN2O2/c1-10-6-8-12(9-7-10)18-15(20)16(21)19-14-5-3-4-13(17)11(14)2/h3-5,10,12H,6-9H2,1-2H3,(H,18,20)(H,19,21). The van der Waals surface area contributed by atoms with Crippen LogP contribution in [0.15, 0.2) is 18.2 Å². The van der Waals surface area contributed by atoms with Gasteiger partial charge in [-0.3, -0.25) is 9.59 Å². The highest BCUT2D eigenvalue weighted by Crippen LogP contribution is 2.24. The molecule has 0 atom stereocenters. The smallest absolute Gasteiger partial charge is 0.313 e. The van der Waals surface area contributed by atoms with Gasteiger partial charge >= 0.3 is 11.8 Å². The highest BCUT2D eigenvalue weighted by molar-refractivity contribution is 6.40. The van der Waals surface area contributed by atoms with Gasteiger partial charge < -0.3 is 10.6 Å². The van der Waals surface area contributed by atoms with Crippen LogP contribution in [0, 0.1) is 12.8 Å². The van der Waals surface area contributed by atoms with Crippen LogP contribution in [0.2, 0.25) is 5.02 Å². The topological polar surface area (TPSA) is 58.2 Å². The largest absolute Gasteiger partial charge is 0.345 e. The summed E-state index contributed by atoms with van der Waals surface area (Å²) in [4.78, 5) is 23.9. The summed E-state index contributed by atoms with van der Waals surface area (Å²) in [5.74, 6) is -0.506. The molecule has 2 rings (SSSR count). The summed E-state index contributed by atoms with van der Waals surface area (Å²) >= 11 is 5.99. The fourth-order valence-corrected chi connectivity index (χ4v) is 2.75. The van der Waals surface area contributed by atoms with Crippen molar-refractivity contribution in [1.82, 2.24) is 5.32 Å². The van der Waals surface area contributed by atoms with Gasteiger partial charge in [0.25, 0.3) is 0 Å².